The summed E-state index contributed by atoms with van der Waals surface area (Å²) in [5.74, 6) is -0.0561. The lowest BCUT2D eigenvalue weighted by molar-refractivity contribution is -0.118. The summed E-state index contributed by atoms with van der Waals surface area (Å²) in [4.78, 5) is 17.9. The number of anilines is 1. The highest BCUT2D eigenvalue weighted by Crippen LogP contribution is 2.30. The van der Waals surface area contributed by atoms with Crippen molar-refractivity contribution in [2.24, 2.45) is 10.7 Å². The van der Waals surface area contributed by atoms with E-state index < -0.39 is 0 Å². The second-order valence-corrected chi connectivity index (χ2v) is 5.65. The zero-order valence-corrected chi connectivity index (χ0v) is 12.9. The van der Waals surface area contributed by atoms with Crippen LogP contribution in [-0.4, -0.2) is 37.4 Å². The van der Waals surface area contributed by atoms with Crippen molar-refractivity contribution in [2.75, 3.05) is 24.7 Å². The smallest absolute Gasteiger partial charge is 0.265 e. The van der Waals surface area contributed by atoms with Crippen molar-refractivity contribution in [2.45, 2.75) is 19.4 Å². The predicted octanol–water partition coefficient (Wildman–Crippen LogP) is 0.922. The minimum Gasteiger partial charge on any atom is -0.384 e. The lowest BCUT2D eigenvalue weighted by Crippen LogP contribution is -2.50. The molecule has 2 aliphatic heterocycles. The van der Waals surface area contributed by atoms with Crippen LogP contribution in [0.4, 0.5) is 10.1 Å². The predicted molar refractivity (Wildman–Crippen MR) is 85.6 cm³/mol. The van der Waals surface area contributed by atoms with E-state index in [9.17, 15) is 9.18 Å². The molecule has 0 spiro atoms. The normalized spacial score (nSPS) is 18.6. The van der Waals surface area contributed by atoms with Gasteiger partial charge in [-0.15, -0.1) is 0 Å². The Balaban J connectivity index is 1.68. The number of carbonyl (C=O) groups is 1. The summed E-state index contributed by atoms with van der Waals surface area (Å²) in [7, 11) is 0. The number of benzene rings is 1. The van der Waals surface area contributed by atoms with Crippen molar-refractivity contribution in [3.05, 3.63) is 41.6 Å². The Labute approximate surface area is 133 Å². The third-order valence-corrected chi connectivity index (χ3v) is 3.94. The molecule has 2 aliphatic rings. The fourth-order valence-corrected chi connectivity index (χ4v) is 2.54. The van der Waals surface area contributed by atoms with Gasteiger partial charge in [-0.2, -0.15) is 0 Å². The number of nitrogens with zero attached hydrogens (tertiary/aromatic N) is 2. The van der Waals surface area contributed by atoms with E-state index >= 15 is 0 Å². The molecule has 0 atom stereocenters. The van der Waals surface area contributed by atoms with E-state index in [-0.39, 0.29) is 17.8 Å². The van der Waals surface area contributed by atoms with Crippen LogP contribution in [0.2, 0.25) is 0 Å². The fraction of sp³-hybridized carbons (Fsp3) is 0.375. The number of nitrogens with two attached hydrogens (primary N) is 1. The summed E-state index contributed by atoms with van der Waals surface area (Å²) in [6.45, 7) is 3.38. The van der Waals surface area contributed by atoms with Crippen LogP contribution in [0, 0.1) is 5.82 Å². The topological polar surface area (TPSA) is 80.0 Å². The molecule has 0 bridgehead atoms. The number of carbonyl (C=O) groups excluding carboxylic acids is 1. The number of amides is 1. The summed E-state index contributed by atoms with van der Waals surface area (Å²) < 4.78 is 18.2. The minimum absolute atomic E-state index is 0.0642. The quantitative estimate of drug-likeness (QED) is 0.809. The first-order valence-corrected chi connectivity index (χ1v) is 7.49. The molecule has 23 heavy (non-hydrogen) atoms. The Hall–Kier alpha value is -2.41. The van der Waals surface area contributed by atoms with E-state index in [2.05, 4.69) is 10.3 Å². The molecular formula is C16H19FN4O2. The number of halogens is 1. The number of nitrogens with one attached hydrogen (secondary N) is 1. The molecule has 3 N–H and O–H groups in total. The lowest BCUT2D eigenvalue weighted by atomic mass is 10.2. The highest BCUT2D eigenvalue weighted by Gasteiger charge is 2.22. The molecule has 0 aromatic heterocycles. The lowest BCUT2D eigenvalue weighted by Gasteiger charge is -2.26. The van der Waals surface area contributed by atoms with Gasteiger partial charge in [-0.1, -0.05) is 0 Å². The zero-order chi connectivity index (χ0) is 16.4. The van der Waals surface area contributed by atoms with Crippen molar-refractivity contribution in [3.8, 4) is 0 Å². The molecule has 1 saturated heterocycles. The van der Waals surface area contributed by atoms with E-state index in [1.807, 2.05) is 4.90 Å². The first kappa shape index (κ1) is 15.5. The average Bonchev–Trinajstić information content (AvgIpc) is 2.90. The maximum atomic E-state index is 13.2. The molecule has 0 aliphatic carbocycles. The van der Waals surface area contributed by atoms with Crippen molar-refractivity contribution in [1.82, 2.24) is 5.32 Å². The highest BCUT2D eigenvalue weighted by atomic mass is 19.1. The van der Waals surface area contributed by atoms with E-state index in [0.29, 0.717) is 31.3 Å². The van der Waals surface area contributed by atoms with Crippen molar-refractivity contribution in [1.29, 1.82) is 0 Å². The summed E-state index contributed by atoms with van der Waals surface area (Å²) in [6, 6.07) is 4.70. The summed E-state index contributed by atoms with van der Waals surface area (Å²) >= 11 is 0. The van der Waals surface area contributed by atoms with Crippen LogP contribution >= 0.6 is 0 Å². The van der Waals surface area contributed by atoms with Crippen LogP contribution in [0.25, 0.3) is 0 Å². The van der Waals surface area contributed by atoms with Crippen LogP contribution in [0.3, 0.4) is 0 Å². The van der Waals surface area contributed by atoms with Crippen LogP contribution < -0.4 is 16.0 Å². The fourth-order valence-electron chi connectivity index (χ4n) is 2.54. The molecule has 6 nitrogen and oxygen atoms in total. The van der Waals surface area contributed by atoms with Gasteiger partial charge >= 0.3 is 0 Å². The first-order chi connectivity index (χ1) is 11.0. The van der Waals surface area contributed by atoms with E-state index in [0.717, 1.165) is 17.7 Å². The standard InChI is InChI=1S/C16H19FN4O2/c1-10(16(22)20-13-8-23-9-13)19-7-15(18)21-5-4-11-6-12(17)2-3-14(11)21/h2-3,6-7,13H,4-5,8-9,18H2,1H3,(H,20,22)/b15-7-,19-10+. The molecule has 1 aromatic rings. The summed E-state index contributed by atoms with van der Waals surface area (Å²) in [6.07, 6.45) is 2.19. The number of aliphatic imine (C=N–C) groups is 1. The van der Waals surface area contributed by atoms with Crippen molar-refractivity contribution >= 4 is 17.3 Å². The molecule has 7 heteroatoms. The molecule has 1 fully saturated rings. The monoisotopic (exact) mass is 318 g/mol. The summed E-state index contributed by atoms with van der Waals surface area (Å²) in [5.41, 5.74) is 8.19. The van der Waals surface area contributed by atoms with Crippen LogP contribution in [0.15, 0.2) is 35.2 Å². The third kappa shape index (κ3) is 3.34. The molecule has 0 radical (unpaired) electrons. The molecular weight excluding hydrogens is 299 g/mol. The SMILES string of the molecule is C/C(=N\C=C(\N)N1CCc2cc(F)ccc21)C(=O)NC1COC1. The van der Waals surface area contributed by atoms with Crippen molar-refractivity contribution in [3.63, 3.8) is 0 Å². The van der Waals surface area contributed by atoms with Gasteiger partial charge in [0.2, 0.25) is 0 Å². The van der Waals surface area contributed by atoms with Gasteiger partial charge in [-0.05, 0) is 37.1 Å². The van der Waals surface area contributed by atoms with Crippen LogP contribution in [0.1, 0.15) is 12.5 Å². The highest BCUT2D eigenvalue weighted by molar-refractivity contribution is 6.38. The molecule has 0 saturated carbocycles. The van der Waals surface area contributed by atoms with Gasteiger partial charge in [-0.3, -0.25) is 9.79 Å². The Bertz CT molecular complexity index is 683. The van der Waals surface area contributed by atoms with Crippen LogP contribution in [0.5, 0.6) is 0 Å². The summed E-state index contributed by atoms with van der Waals surface area (Å²) in [5, 5.41) is 2.81. The Kier molecular flexibility index (Phi) is 4.29. The van der Waals surface area contributed by atoms with Gasteiger partial charge in [0.05, 0.1) is 25.5 Å². The van der Waals surface area contributed by atoms with Gasteiger partial charge in [-0.25, -0.2) is 4.39 Å². The number of ether oxygens (including phenoxy) is 1. The largest absolute Gasteiger partial charge is 0.384 e. The first-order valence-electron chi connectivity index (χ1n) is 7.49. The van der Waals surface area contributed by atoms with Gasteiger partial charge < -0.3 is 20.7 Å². The number of rotatable bonds is 4. The molecule has 3 rings (SSSR count). The van der Waals surface area contributed by atoms with E-state index in [1.165, 1.54) is 18.3 Å². The van der Waals surface area contributed by atoms with Crippen molar-refractivity contribution < 1.29 is 13.9 Å². The maximum Gasteiger partial charge on any atom is 0.265 e. The van der Waals surface area contributed by atoms with Crippen LogP contribution in [-0.2, 0) is 16.0 Å². The van der Waals surface area contributed by atoms with Gasteiger partial charge in [0.15, 0.2) is 0 Å². The Morgan fingerprint density at radius 2 is 2.30 bits per heavy atom. The van der Waals surface area contributed by atoms with Gasteiger partial charge in [0.1, 0.15) is 17.3 Å². The molecule has 122 valence electrons. The van der Waals surface area contributed by atoms with E-state index in [4.69, 9.17) is 10.5 Å². The molecule has 0 unspecified atom stereocenters. The number of hydrogen-bond acceptors (Lipinski definition) is 5. The molecule has 2 heterocycles. The maximum absolute atomic E-state index is 13.2. The molecule has 1 aromatic carbocycles. The van der Waals surface area contributed by atoms with Gasteiger partial charge in [0, 0.05) is 12.2 Å². The molecule has 1 amide bonds. The Morgan fingerprint density at radius 1 is 1.52 bits per heavy atom. The zero-order valence-electron chi connectivity index (χ0n) is 12.9. The Morgan fingerprint density at radius 3 is 3.00 bits per heavy atom. The minimum atomic E-state index is -0.251. The van der Waals surface area contributed by atoms with E-state index in [1.54, 1.807) is 13.0 Å². The number of hydrogen-bond donors (Lipinski definition) is 2. The second-order valence-electron chi connectivity index (χ2n) is 5.65. The number of fused-ring (bicyclic) bond motifs is 1. The second kappa shape index (κ2) is 6.37. The average molecular weight is 318 g/mol. The third-order valence-electron chi connectivity index (χ3n) is 3.94. The van der Waals surface area contributed by atoms with Gasteiger partial charge in [0.25, 0.3) is 5.91 Å².